The Morgan fingerprint density at radius 2 is 1.47 bits per heavy atom. The molecule has 0 amide bonds. The average molecular weight is 370 g/mol. The van der Waals surface area contributed by atoms with Gasteiger partial charge >= 0.3 is 16.9 Å². The highest BCUT2D eigenvalue weighted by atomic mass is 29.6. The molecule has 0 fully saturated rings. The third-order valence-corrected chi connectivity index (χ3v) is 34.4. The van der Waals surface area contributed by atoms with Gasteiger partial charge in [-0.2, -0.15) is 0 Å². The lowest BCUT2D eigenvalue weighted by Crippen LogP contribution is -2.69. The molecule has 5 radical (unpaired) electrons. The van der Waals surface area contributed by atoms with Gasteiger partial charge in [-0.1, -0.05) is 0 Å². The molecule has 11 heteroatoms. The second-order valence-corrected chi connectivity index (χ2v) is 32.0. The van der Waals surface area contributed by atoms with Crippen LogP contribution in [0.1, 0.15) is 0 Å². The summed E-state index contributed by atoms with van der Waals surface area (Å²) >= 11 is 0. The molecule has 0 aromatic heterocycles. The highest BCUT2D eigenvalue weighted by molar-refractivity contribution is 7.48. The minimum atomic E-state index is -2.66. The third-order valence-electron chi connectivity index (χ3n) is 3.30. The van der Waals surface area contributed by atoms with Gasteiger partial charge < -0.3 is 21.9 Å². The lowest BCUT2D eigenvalue weighted by Gasteiger charge is -2.43. The fourth-order valence-corrected chi connectivity index (χ4v) is 26.2. The van der Waals surface area contributed by atoms with E-state index in [9.17, 15) is 4.80 Å². The van der Waals surface area contributed by atoms with Gasteiger partial charge in [-0.25, -0.2) is 0 Å². The normalized spacial score (nSPS) is 17.1. The van der Waals surface area contributed by atoms with E-state index in [1.54, 1.807) is 20.8 Å². The molecule has 0 aliphatic carbocycles. The first-order chi connectivity index (χ1) is 8.42. The molecule has 19 heavy (non-hydrogen) atoms. The average Bonchev–Trinajstić information content (AvgIpc) is 2.27. The zero-order chi connectivity index (χ0) is 15.5. The summed E-state index contributed by atoms with van der Waals surface area (Å²) in [4.78, 5) is 9.97. The maximum absolute atomic E-state index is 9.97. The third kappa shape index (κ3) is 5.42. The molecule has 0 aromatic rings. The van der Waals surface area contributed by atoms with E-state index >= 15 is 0 Å². The van der Waals surface area contributed by atoms with Gasteiger partial charge in [-0.15, -0.1) is 0 Å². The lowest BCUT2D eigenvalue weighted by molar-refractivity contribution is 0.325. The van der Waals surface area contributed by atoms with Crippen LogP contribution >= 0.6 is 0 Å². The van der Waals surface area contributed by atoms with E-state index in [-0.39, 0.29) is 0 Å². The molecule has 0 aliphatic heterocycles. The van der Waals surface area contributed by atoms with Gasteiger partial charge in [-0.3, -0.25) is 0 Å². The van der Waals surface area contributed by atoms with E-state index in [2.05, 4.69) is 35.9 Å². The van der Waals surface area contributed by atoms with E-state index in [4.69, 9.17) is 17.1 Å². The Morgan fingerprint density at radius 3 is 1.79 bits per heavy atom. The summed E-state index contributed by atoms with van der Waals surface area (Å²) < 4.78 is 23.2. The molecule has 0 rings (SSSR count). The fourth-order valence-electron chi connectivity index (χ4n) is 1.27. The van der Waals surface area contributed by atoms with E-state index in [1.807, 2.05) is 6.55 Å². The maximum Gasteiger partial charge on any atom is 0.369 e. The summed E-state index contributed by atoms with van der Waals surface area (Å²) in [7, 11) is -2.83. The van der Waals surface area contributed by atoms with Crippen molar-refractivity contribution in [1.82, 2.24) is 0 Å². The smallest absolute Gasteiger partial charge is 0.369 e. The number of rotatable bonds is 8. The van der Waals surface area contributed by atoms with Crippen LogP contribution in [-0.4, -0.2) is 69.9 Å². The SMILES string of the molecule is CO[Si](C)O[Si](C)(C)[Si](C)(C)O[Si]([Si])(OC)[Si](C)O. The molecule has 5 nitrogen and oxygen atoms in total. The fraction of sp³-hybridized carbons (Fsp3) is 1.00. The maximum atomic E-state index is 9.97. The van der Waals surface area contributed by atoms with Crippen molar-refractivity contribution in [3.05, 3.63) is 0 Å². The van der Waals surface area contributed by atoms with Gasteiger partial charge in [0, 0.05) is 14.2 Å². The van der Waals surface area contributed by atoms with Crippen molar-refractivity contribution in [2.24, 2.45) is 0 Å². The molecule has 0 bridgehead atoms. The van der Waals surface area contributed by atoms with E-state index in [0.29, 0.717) is 0 Å². The predicted octanol–water partition coefficient (Wildman–Crippen LogP) is 0.718. The largest absolute Gasteiger partial charge is 0.440 e. The Kier molecular flexibility index (Phi) is 7.82. The Labute approximate surface area is 126 Å². The van der Waals surface area contributed by atoms with E-state index in [0.717, 1.165) is 0 Å². The van der Waals surface area contributed by atoms with Gasteiger partial charge in [0.2, 0.25) is 0 Å². The second-order valence-electron chi connectivity index (χ2n) is 5.33. The van der Waals surface area contributed by atoms with Crippen LogP contribution in [0.5, 0.6) is 0 Å². The summed E-state index contributed by atoms with van der Waals surface area (Å²) in [5.41, 5.74) is 0. The first-order valence-electron chi connectivity index (χ1n) is 6.01. The number of hydrogen-bond donors (Lipinski definition) is 1. The van der Waals surface area contributed by atoms with Gasteiger partial charge in [0.15, 0.2) is 15.7 Å². The van der Waals surface area contributed by atoms with Crippen LogP contribution in [0.4, 0.5) is 0 Å². The summed E-state index contributed by atoms with van der Waals surface area (Å²) in [5.74, 6) is 0. The predicted molar refractivity (Wildman–Crippen MR) is 88.1 cm³/mol. The Bertz CT molecular complexity index is 289. The summed E-state index contributed by atoms with van der Waals surface area (Å²) in [6.07, 6.45) is 0. The molecular formula is C8H25O5Si6. The van der Waals surface area contributed by atoms with Crippen molar-refractivity contribution in [1.29, 1.82) is 0 Å². The van der Waals surface area contributed by atoms with Crippen LogP contribution in [0.25, 0.3) is 0 Å². The van der Waals surface area contributed by atoms with Crippen LogP contribution in [0, 0.1) is 0 Å². The van der Waals surface area contributed by atoms with Crippen molar-refractivity contribution in [3.63, 3.8) is 0 Å². The topological polar surface area (TPSA) is 57.2 Å². The Balaban J connectivity index is 5.04. The minimum absolute atomic E-state index is 1.23. The zero-order valence-corrected chi connectivity index (χ0v) is 19.1. The van der Waals surface area contributed by atoms with Crippen LogP contribution in [0.2, 0.25) is 39.3 Å². The molecule has 0 aliphatic rings. The molecule has 0 heterocycles. The van der Waals surface area contributed by atoms with Crippen LogP contribution in [-0.2, 0) is 17.1 Å². The molecular weight excluding hydrogens is 345 g/mol. The van der Waals surface area contributed by atoms with Crippen molar-refractivity contribution in [3.8, 4) is 0 Å². The summed E-state index contributed by atoms with van der Waals surface area (Å²) in [6.45, 7) is 12.4. The highest BCUT2D eigenvalue weighted by Gasteiger charge is 2.52. The lowest BCUT2D eigenvalue weighted by atomic mass is 11.8. The second kappa shape index (κ2) is 7.39. The quantitative estimate of drug-likeness (QED) is 0.639. The van der Waals surface area contributed by atoms with Crippen LogP contribution in [0.15, 0.2) is 0 Å². The van der Waals surface area contributed by atoms with Crippen molar-refractivity contribution >= 4 is 50.9 Å². The highest BCUT2D eigenvalue weighted by Crippen LogP contribution is 2.26. The monoisotopic (exact) mass is 369 g/mol. The molecule has 0 saturated carbocycles. The van der Waals surface area contributed by atoms with Gasteiger partial charge in [0.25, 0.3) is 8.56 Å². The van der Waals surface area contributed by atoms with Crippen molar-refractivity contribution in [2.75, 3.05) is 14.2 Å². The first kappa shape index (κ1) is 20.1. The molecule has 1 atom stereocenters. The van der Waals surface area contributed by atoms with Crippen LogP contribution < -0.4 is 0 Å². The molecule has 0 spiro atoms. The zero-order valence-electron chi connectivity index (χ0n) is 13.1. The standard InChI is InChI=1S/C8H25O5Si6/c1-10-16(4)12-17(5,6)18(7,8)13-19(14,11-2)15(3)9/h9H,1-8H3. The summed E-state index contributed by atoms with van der Waals surface area (Å²) in [5, 5.41) is 0. The van der Waals surface area contributed by atoms with Gasteiger partial charge in [0.05, 0.1) is 9.76 Å². The number of hydrogen-bond acceptors (Lipinski definition) is 5. The van der Waals surface area contributed by atoms with Gasteiger partial charge in [0.1, 0.15) is 0 Å². The van der Waals surface area contributed by atoms with Crippen molar-refractivity contribution in [2.45, 2.75) is 39.3 Å². The first-order valence-corrected chi connectivity index (χ1v) is 20.9. The molecule has 1 N–H and O–H groups in total. The molecule has 1 unspecified atom stereocenters. The van der Waals surface area contributed by atoms with Crippen LogP contribution in [0.3, 0.4) is 0 Å². The minimum Gasteiger partial charge on any atom is -0.440 e. The molecule has 0 aromatic carbocycles. The van der Waals surface area contributed by atoms with Crippen molar-refractivity contribution < 1.29 is 21.9 Å². The Hall–Kier alpha value is 1.10. The van der Waals surface area contributed by atoms with Gasteiger partial charge in [-0.05, 0) is 39.3 Å². The molecule has 0 saturated heterocycles. The summed E-state index contributed by atoms with van der Waals surface area (Å²) in [6, 6.07) is 0. The molecule has 111 valence electrons. The Morgan fingerprint density at radius 1 is 1.00 bits per heavy atom. The van der Waals surface area contributed by atoms with E-state index < -0.39 is 41.1 Å². The van der Waals surface area contributed by atoms with E-state index in [1.165, 1.54) is 0 Å².